The Morgan fingerprint density at radius 3 is 2.56 bits per heavy atom. The van der Waals surface area contributed by atoms with E-state index in [1.165, 1.54) is 11.9 Å². The van der Waals surface area contributed by atoms with E-state index in [1.807, 2.05) is 73.7 Å². The lowest BCUT2D eigenvalue weighted by Crippen LogP contribution is -2.24. The zero-order valence-electron chi connectivity index (χ0n) is 19.3. The highest BCUT2D eigenvalue weighted by Crippen LogP contribution is 2.37. The summed E-state index contributed by atoms with van der Waals surface area (Å²) in [5.74, 6) is 0.524. The van der Waals surface area contributed by atoms with E-state index in [1.54, 1.807) is 7.11 Å². The number of hydrazone groups is 1. The molecule has 6 nitrogen and oxygen atoms in total. The standard InChI is InChI=1S/C28H25N3O3/c1-17-12-13-23-22(14-17)26(19-8-5-4-6-9-19)27(28(33)29-23)24-16-25(31(30-24)18(2)32)20-10-7-11-21(15-20)34-3/h4-15,25H,16H2,1-3H3,(H,29,33)/t25-/m1/s1. The molecule has 1 atom stereocenters. The molecule has 34 heavy (non-hydrogen) atoms. The second-order valence-electron chi connectivity index (χ2n) is 8.53. The lowest BCUT2D eigenvalue weighted by molar-refractivity contribution is -0.130. The van der Waals surface area contributed by atoms with Crippen LogP contribution in [0.25, 0.3) is 22.0 Å². The molecule has 6 heteroatoms. The molecule has 1 aliphatic heterocycles. The topological polar surface area (TPSA) is 74.8 Å². The quantitative estimate of drug-likeness (QED) is 0.463. The van der Waals surface area contributed by atoms with Crippen LogP contribution in [0.3, 0.4) is 0 Å². The first-order valence-electron chi connectivity index (χ1n) is 11.2. The van der Waals surface area contributed by atoms with Crippen LogP contribution in [0.5, 0.6) is 5.75 Å². The summed E-state index contributed by atoms with van der Waals surface area (Å²) in [4.78, 5) is 29.0. The van der Waals surface area contributed by atoms with E-state index in [9.17, 15) is 9.59 Å². The first-order valence-corrected chi connectivity index (χ1v) is 11.2. The number of rotatable bonds is 4. The third kappa shape index (κ3) is 3.77. The van der Waals surface area contributed by atoms with Crippen molar-refractivity contribution in [3.63, 3.8) is 0 Å². The predicted octanol–water partition coefficient (Wildman–Crippen LogP) is 5.21. The Morgan fingerprint density at radius 1 is 1.03 bits per heavy atom. The van der Waals surface area contributed by atoms with Gasteiger partial charge in [-0.3, -0.25) is 9.59 Å². The van der Waals surface area contributed by atoms with E-state index in [2.05, 4.69) is 16.2 Å². The smallest absolute Gasteiger partial charge is 0.258 e. The fourth-order valence-corrected chi connectivity index (χ4v) is 4.65. The average molecular weight is 452 g/mol. The molecule has 0 saturated heterocycles. The van der Waals surface area contributed by atoms with Crippen LogP contribution in [0.4, 0.5) is 0 Å². The molecule has 0 fully saturated rings. The number of carbonyl (C=O) groups excluding carboxylic acids is 1. The first-order chi connectivity index (χ1) is 16.5. The van der Waals surface area contributed by atoms with E-state index in [0.29, 0.717) is 23.4 Å². The number of aromatic nitrogens is 1. The van der Waals surface area contributed by atoms with Gasteiger partial charge < -0.3 is 9.72 Å². The molecule has 0 spiro atoms. The summed E-state index contributed by atoms with van der Waals surface area (Å²) in [6, 6.07) is 23.2. The number of H-pyrrole nitrogens is 1. The number of amides is 1. The van der Waals surface area contributed by atoms with E-state index in [0.717, 1.165) is 33.2 Å². The van der Waals surface area contributed by atoms with Crippen LogP contribution in [-0.2, 0) is 4.79 Å². The van der Waals surface area contributed by atoms with Gasteiger partial charge in [0.15, 0.2) is 0 Å². The van der Waals surface area contributed by atoms with Crippen LogP contribution >= 0.6 is 0 Å². The summed E-state index contributed by atoms with van der Waals surface area (Å²) in [5.41, 5.74) is 5.40. The third-order valence-electron chi connectivity index (χ3n) is 6.23. The molecule has 0 radical (unpaired) electrons. The zero-order chi connectivity index (χ0) is 23.8. The van der Waals surface area contributed by atoms with Crippen LogP contribution < -0.4 is 10.3 Å². The van der Waals surface area contributed by atoms with Gasteiger partial charge >= 0.3 is 0 Å². The van der Waals surface area contributed by atoms with Gasteiger partial charge in [-0.2, -0.15) is 5.10 Å². The molecule has 5 rings (SSSR count). The van der Waals surface area contributed by atoms with Crippen molar-refractivity contribution in [2.45, 2.75) is 26.3 Å². The zero-order valence-corrected chi connectivity index (χ0v) is 19.3. The van der Waals surface area contributed by atoms with E-state index in [-0.39, 0.29) is 17.5 Å². The van der Waals surface area contributed by atoms with Gasteiger partial charge in [0.05, 0.1) is 24.4 Å². The molecule has 0 saturated carbocycles. The number of ether oxygens (including phenoxy) is 1. The second-order valence-corrected chi connectivity index (χ2v) is 8.53. The van der Waals surface area contributed by atoms with Gasteiger partial charge in [-0.05, 0) is 42.3 Å². The molecular formula is C28H25N3O3. The molecule has 1 aromatic heterocycles. The van der Waals surface area contributed by atoms with Gasteiger partial charge in [-0.25, -0.2) is 5.01 Å². The number of hydrogen-bond acceptors (Lipinski definition) is 4. The predicted molar refractivity (Wildman–Crippen MR) is 134 cm³/mol. The third-order valence-corrected chi connectivity index (χ3v) is 6.23. The number of pyridine rings is 1. The number of methoxy groups -OCH3 is 1. The Bertz CT molecular complexity index is 1490. The normalized spacial score (nSPS) is 15.4. The maximum atomic E-state index is 13.5. The number of benzene rings is 3. The number of aromatic amines is 1. The van der Waals surface area contributed by atoms with Crippen LogP contribution in [0, 0.1) is 6.92 Å². The molecular weight excluding hydrogens is 426 g/mol. The molecule has 0 aliphatic carbocycles. The Hall–Kier alpha value is -4.19. The van der Waals surface area contributed by atoms with Crippen LogP contribution in [0.15, 0.2) is 82.7 Å². The number of hydrogen-bond donors (Lipinski definition) is 1. The summed E-state index contributed by atoms with van der Waals surface area (Å²) in [5, 5.41) is 7.10. The van der Waals surface area contributed by atoms with Gasteiger partial charge in [-0.1, -0.05) is 54.1 Å². The summed E-state index contributed by atoms with van der Waals surface area (Å²) in [7, 11) is 1.61. The van der Waals surface area contributed by atoms with Gasteiger partial charge in [0, 0.05) is 29.8 Å². The molecule has 0 bridgehead atoms. The highest BCUT2D eigenvalue weighted by molar-refractivity contribution is 6.12. The Morgan fingerprint density at radius 2 is 1.82 bits per heavy atom. The maximum Gasteiger partial charge on any atom is 0.258 e. The van der Waals surface area contributed by atoms with Crippen molar-refractivity contribution in [3.8, 4) is 16.9 Å². The lowest BCUT2D eigenvalue weighted by atomic mass is 9.90. The minimum Gasteiger partial charge on any atom is -0.497 e. The highest BCUT2D eigenvalue weighted by atomic mass is 16.5. The number of carbonyl (C=O) groups is 1. The number of fused-ring (bicyclic) bond motifs is 1. The summed E-state index contributed by atoms with van der Waals surface area (Å²) < 4.78 is 5.38. The molecule has 1 amide bonds. The van der Waals surface area contributed by atoms with Crippen molar-refractivity contribution in [3.05, 3.63) is 99.8 Å². The fraction of sp³-hybridized carbons (Fsp3) is 0.179. The van der Waals surface area contributed by atoms with Crippen molar-refractivity contribution in [1.82, 2.24) is 9.99 Å². The van der Waals surface area contributed by atoms with Crippen LogP contribution in [-0.4, -0.2) is 28.7 Å². The Labute approximate surface area is 197 Å². The molecule has 1 N–H and O–H groups in total. The molecule has 4 aromatic rings. The van der Waals surface area contributed by atoms with Gasteiger partial charge in [0.25, 0.3) is 5.56 Å². The number of aryl methyl sites for hydroxylation is 1. The molecule has 0 unspecified atom stereocenters. The van der Waals surface area contributed by atoms with Crippen LogP contribution in [0.2, 0.25) is 0 Å². The van der Waals surface area contributed by atoms with Crippen molar-refractivity contribution >= 4 is 22.5 Å². The van der Waals surface area contributed by atoms with Gasteiger partial charge in [-0.15, -0.1) is 0 Å². The minimum atomic E-state index is -0.321. The largest absolute Gasteiger partial charge is 0.497 e. The summed E-state index contributed by atoms with van der Waals surface area (Å²) in [6.45, 7) is 3.52. The molecule has 3 aromatic carbocycles. The van der Waals surface area contributed by atoms with E-state index >= 15 is 0 Å². The number of nitrogens with one attached hydrogen (secondary N) is 1. The highest BCUT2D eigenvalue weighted by Gasteiger charge is 2.34. The van der Waals surface area contributed by atoms with Crippen molar-refractivity contribution < 1.29 is 9.53 Å². The average Bonchev–Trinajstić information content (AvgIpc) is 3.29. The molecule has 170 valence electrons. The van der Waals surface area contributed by atoms with Gasteiger partial charge in [0.2, 0.25) is 5.91 Å². The van der Waals surface area contributed by atoms with Crippen molar-refractivity contribution in [2.75, 3.05) is 7.11 Å². The Balaban J connectivity index is 1.73. The summed E-state index contributed by atoms with van der Waals surface area (Å²) >= 11 is 0. The summed E-state index contributed by atoms with van der Waals surface area (Å²) in [6.07, 6.45) is 0.424. The minimum absolute atomic E-state index is 0.183. The molecule has 1 aliphatic rings. The maximum absolute atomic E-state index is 13.5. The lowest BCUT2D eigenvalue weighted by Gasteiger charge is -2.20. The van der Waals surface area contributed by atoms with E-state index in [4.69, 9.17) is 4.74 Å². The van der Waals surface area contributed by atoms with Crippen molar-refractivity contribution in [2.24, 2.45) is 5.10 Å². The van der Waals surface area contributed by atoms with Crippen LogP contribution in [0.1, 0.15) is 36.1 Å². The monoisotopic (exact) mass is 451 g/mol. The molecule has 2 heterocycles. The Kier molecular flexibility index (Phi) is 5.49. The second kappa shape index (κ2) is 8.63. The SMILES string of the molecule is COc1cccc([C@H]2CC(c3c(-c4ccccc4)c4cc(C)ccc4[nH]c3=O)=NN2C(C)=O)c1. The fourth-order valence-electron chi connectivity index (χ4n) is 4.65. The van der Waals surface area contributed by atoms with Gasteiger partial charge in [0.1, 0.15) is 5.75 Å². The number of nitrogens with zero attached hydrogens (tertiary/aromatic N) is 2. The first kappa shape index (κ1) is 21.6. The van der Waals surface area contributed by atoms with E-state index < -0.39 is 0 Å². The van der Waals surface area contributed by atoms with Crippen molar-refractivity contribution in [1.29, 1.82) is 0 Å².